The molecule has 0 N–H and O–H groups in total. The number of carbonyl (C=O) groups is 1. The lowest BCUT2D eigenvalue weighted by Crippen LogP contribution is -2.19. The van der Waals surface area contributed by atoms with Crippen LogP contribution < -0.4 is 9.47 Å². The van der Waals surface area contributed by atoms with Gasteiger partial charge in [-0.2, -0.15) is 8.78 Å². The molecule has 0 unspecified atom stereocenters. The molecule has 0 radical (unpaired) electrons. The SMILES string of the molecule is CC(F)(F)Oc1ccc(OC(=O)c2ccc(Br)cc2)cc1. The Hall–Kier alpha value is -1.95. The van der Waals surface area contributed by atoms with Gasteiger partial charge in [0.2, 0.25) is 0 Å². The van der Waals surface area contributed by atoms with Crippen LogP contribution in [-0.2, 0) is 0 Å². The minimum atomic E-state index is -3.25. The number of alkyl halides is 2. The van der Waals surface area contributed by atoms with Gasteiger partial charge in [0.25, 0.3) is 0 Å². The lowest BCUT2D eigenvalue weighted by atomic mass is 10.2. The molecule has 0 bridgehead atoms. The number of ether oxygens (including phenoxy) is 2. The van der Waals surface area contributed by atoms with Crippen molar-refractivity contribution in [2.24, 2.45) is 0 Å². The third-order valence-electron chi connectivity index (χ3n) is 2.41. The van der Waals surface area contributed by atoms with E-state index in [-0.39, 0.29) is 11.5 Å². The Morgan fingerprint density at radius 3 is 2.05 bits per heavy atom. The molecule has 2 rings (SSSR count). The number of benzene rings is 2. The number of hydrogen-bond acceptors (Lipinski definition) is 3. The Morgan fingerprint density at radius 1 is 1.00 bits per heavy atom. The second-order valence-electron chi connectivity index (χ2n) is 4.28. The van der Waals surface area contributed by atoms with E-state index in [0.29, 0.717) is 12.5 Å². The lowest BCUT2D eigenvalue weighted by Gasteiger charge is -2.13. The molecule has 21 heavy (non-hydrogen) atoms. The van der Waals surface area contributed by atoms with Gasteiger partial charge in [-0.15, -0.1) is 0 Å². The van der Waals surface area contributed by atoms with E-state index >= 15 is 0 Å². The highest BCUT2D eigenvalue weighted by Crippen LogP contribution is 2.24. The highest BCUT2D eigenvalue weighted by atomic mass is 79.9. The molecular weight excluding hydrogens is 346 g/mol. The Labute approximate surface area is 128 Å². The maximum atomic E-state index is 12.7. The summed E-state index contributed by atoms with van der Waals surface area (Å²) in [6.07, 6.45) is -3.25. The summed E-state index contributed by atoms with van der Waals surface area (Å²) in [5, 5.41) is 0. The van der Waals surface area contributed by atoms with E-state index in [1.807, 2.05) is 0 Å². The summed E-state index contributed by atoms with van der Waals surface area (Å²) in [6, 6.07) is 12.1. The first-order valence-corrected chi connectivity index (χ1v) is 6.77. The van der Waals surface area contributed by atoms with E-state index < -0.39 is 12.1 Å². The number of esters is 1. The number of carbonyl (C=O) groups excluding carboxylic acids is 1. The highest BCUT2D eigenvalue weighted by molar-refractivity contribution is 9.10. The van der Waals surface area contributed by atoms with Gasteiger partial charge in [-0.1, -0.05) is 15.9 Å². The minimum Gasteiger partial charge on any atom is -0.433 e. The molecule has 110 valence electrons. The smallest absolute Gasteiger partial charge is 0.394 e. The Bertz CT molecular complexity index is 619. The lowest BCUT2D eigenvalue weighted by molar-refractivity contribution is -0.158. The molecule has 0 saturated carbocycles. The number of hydrogen-bond donors (Lipinski definition) is 0. The van der Waals surface area contributed by atoms with E-state index in [9.17, 15) is 13.6 Å². The average Bonchev–Trinajstić information content (AvgIpc) is 2.40. The zero-order valence-corrected chi connectivity index (χ0v) is 12.6. The van der Waals surface area contributed by atoms with Crippen molar-refractivity contribution in [1.82, 2.24) is 0 Å². The largest absolute Gasteiger partial charge is 0.433 e. The Kier molecular flexibility index (Phi) is 4.57. The minimum absolute atomic E-state index is 0.00839. The predicted octanol–water partition coefficient (Wildman–Crippen LogP) is 4.66. The molecule has 2 aromatic carbocycles. The van der Waals surface area contributed by atoms with Crippen LogP contribution in [0.15, 0.2) is 53.0 Å². The first-order valence-electron chi connectivity index (χ1n) is 5.98. The van der Waals surface area contributed by atoms with E-state index in [2.05, 4.69) is 20.7 Å². The van der Waals surface area contributed by atoms with Gasteiger partial charge >= 0.3 is 12.1 Å². The van der Waals surface area contributed by atoms with Crippen LogP contribution in [0, 0.1) is 0 Å². The molecule has 0 aliphatic carbocycles. The predicted molar refractivity (Wildman–Crippen MR) is 76.8 cm³/mol. The van der Waals surface area contributed by atoms with Gasteiger partial charge in [0, 0.05) is 11.4 Å². The molecule has 0 aliphatic rings. The van der Waals surface area contributed by atoms with Gasteiger partial charge in [0.15, 0.2) is 0 Å². The van der Waals surface area contributed by atoms with Crippen LogP contribution in [0.2, 0.25) is 0 Å². The molecule has 0 saturated heterocycles. The summed E-state index contributed by atoms with van der Waals surface area (Å²) in [5.74, 6) is -0.294. The first kappa shape index (κ1) is 15.4. The van der Waals surface area contributed by atoms with Crippen LogP contribution in [0.4, 0.5) is 8.78 Å². The molecule has 0 aliphatic heterocycles. The molecule has 0 aromatic heterocycles. The highest BCUT2D eigenvalue weighted by Gasteiger charge is 2.23. The molecule has 0 heterocycles. The normalized spacial score (nSPS) is 11.0. The van der Waals surface area contributed by atoms with Gasteiger partial charge in [-0.25, -0.2) is 4.79 Å². The van der Waals surface area contributed by atoms with Crippen molar-refractivity contribution in [3.8, 4) is 11.5 Å². The van der Waals surface area contributed by atoms with E-state index in [1.165, 1.54) is 24.3 Å². The summed E-state index contributed by atoms with van der Waals surface area (Å²) in [7, 11) is 0. The first-order chi connectivity index (χ1) is 9.83. The third-order valence-corrected chi connectivity index (χ3v) is 2.94. The maximum Gasteiger partial charge on any atom is 0.394 e. The molecule has 0 atom stereocenters. The van der Waals surface area contributed by atoms with Crippen LogP contribution in [-0.4, -0.2) is 12.1 Å². The topological polar surface area (TPSA) is 35.5 Å². The zero-order chi connectivity index (χ0) is 15.5. The van der Waals surface area contributed by atoms with Gasteiger partial charge in [-0.3, -0.25) is 0 Å². The fourth-order valence-corrected chi connectivity index (χ4v) is 1.80. The van der Waals surface area contributed by atoms with Crippen molar-refractivity contribution in [1.29, 1.82) is 0 Å². The fraction of sp³-hybridized carbons (Fsp3) is 0.133. The summed E-state index contributed by atoms with van der Waals surface area (Å²) in [6.45, 7) is 0.647. The second kappa shape index (κ2) is 6.22. The van der Waals surface area contributed by atoms with Crippen molar-refractivity contribution in [2.75, 3.05) is 0 Å². The standard InChI is InChI=1S/C15H11BrF2O3/c1-15(17,18)21-13-8-6-12(7-9-13)20-14(19)10-2-4-11(16)5-3-10/h2-9H,1H3. The summed E-state index contributed by atoms with van der Waals surface area (Å²) in [5.41, 5.74) is 0.388. The maximum absolute atomic E-state index is 12.7. The van der Waals surface area contributed by atoms with Crippen molar-refractivity contribution >= 4 is 21.9 Å². The molecule has 0 spiro atoms. The van der Waals surface area contributed by atoms with Gasteiger partial charge in [0.1, 0.15) is 11.5 Å². The van der Waals surface area contributed by atoms with Gasteiger partial charge in [-0.05, 0) is 48.5 Å². The molecule has 2 aromatic rings. The summed E-state index contributed by atoms with van der Waals surface area (Å²) in [4.78, 5) is 11.9. The Morgan fingerprint density at radius 2 is 1.52 bits per heavy atom. The van der Waals surface area contributed by atoms with Crippen molar-refractivity contribution in [2.45, 2.75) is 13.0 Å². The third kappa shape index (κ3) is 4.82. The van der Waals surface area contributed by atoms with Gasteiger partial charge < -0.3 is 9.47 Å². The molecule has 0 fully saturated rings. The Balaban J connectivity index is 2.03. The van der Waals surface area contributed by atoms with E-state index in [0.717, 1.165) is 4.47 Å². The molecule has 6 heteroatoms. The van der Waals surface area contributed by atoms with E-state index in [1.54, 1.807) is 24.3 Å². The van der Waals surface area contributed by atoms with E-state index in [4.69, 9.17) is 4.74 Å². The van der Waals surface area contributed by atoms with Crippen molar-refractivity contribution in [3.63, 3.8) is 0 Å². The molecule has 3 nitrogen and oxygen atoms in total. The van der Waals surface area contributed by atoms with Crippen LogP contribution in [0.3, 0.4) is 0 Å². The van der Waals surface area contributed by atoms with Crippen LogP contribution in [0.1, 0.15) is 17.3 Å². The van der Waals surface area contributed by atoms with Crippen LogP contribution in [0.25, 0.3) is 0 Å². The summed E-state index contributed by atoms with van der Waals surface area (Å²) < 4.78 is 35.7. The number of rotatable bonds is 4. The van der Waals surface area contributed by atoms with Crippen molar-refractivity contribution < 1.29 is 23.0 Å². The zero-order valence-electron chi connectivity index (χ0n) is 11.0. The van der Waals surface area contributed by atoms with Gasteiger partial charge in [0.05, 0.1) is 5.56 Å². The molecular formula is C15H11BrF2O3. The summed E-state index contributed by atoms with van der Waals surface area (Å²) >= 11 is 3.27. The molecule has 0 amide bonds. The second-order valence-corrected chi connectivity index (χ2v) is 5.19. The number of halogens is 3. The monoisotopic (exact) mass is 356 g/mol. The van der Waals surface area contributed by atoms with Crippen LogP contribution in [0.5, 0.6) is 11.5 Å². The quantitative estimate of drug-likeness (QED) is 0.590. The van der Waals surface area contributed by atoms with Crippen molar-refractivity contribution in [3.05, 3.63) is 58.6 Å². The fourth-order valence-electron chi connectivity index (χ4n) is 1.53. The average molecular weight is 357 g/mol. The van der Waals surface area contributed by atoms with Crippen LogP contribution >= 0.6 is 15.9 Å².